The SMILES string of the molecule is O=C(Cc1c(O)cccc1N(Cc1ccccc1)Cc1ccccc1)c1ccccc1. The highest BCUT2D eigenvalue weighted by atomic mass is 16.3. The van der Waals surface area contributed by atoms with E-state index in [-0.39, 0.29) is 18.0 Å². The van der Waals surface area contributed by atoms with Crippen LogP contribution in [-0.4, -0.2) is 10.9 Å². The number of hydrogen-bond donors (Lipinski definition) is 1. The second-order valence-electron chi connectivity index (χ2n) is 7.57. The van der Waals surface area contributed by atoms with Gasteiger partial charge >= 0.3 is 0 Å². The highest BCUT2D eigenvalue weighted by Crippen LogP contribution is 2.32. The van der Waals surface area contributed by atoms with E-state index in [1.165, 1.54) is 11.1 Å². The molecule has 0 heterocycles. The molecule has 3 nitrogen and oxygen atoms in total. The molecule has 0 aliphatic heterocycles. The minimum absolute atomic E-state index is 0.0114. The molecule has 0 radical (unpaired) electrons. The quantitative estimate of drug-likeness (QED) is 0.363. The van der Waals surface area contributed by atoms with Crippen molar-refractivity contribution in [3.8, 4) is 5.75 Å². The van der Waals surface area contributed by atoms with Crippen molar-refractivity contribution in [1.29, 1.82) is 0 Å². The Hall–Kier alpha value is -3.85. The van der Waals surface area contributed by atoms with Crippen LogP contribution in [0.3, 0.4) is 0 Å². The summed E-state index contributed by atoms with van der Waals surface area (Å²) in [6, 6.07) is 35.2. The van der Waals surface area contributed by atoms with Gasteiger partial charge in [-0.25, -0.2) is 0 Å². The Balaban J connectivity index is 1.70. The van der Waals surface area contributed by atoms with Gasteiger partial charge in [0.25, 0.3) is 0 Å². The van der Waals surface area contributed by atoms with E-state index < -0.39 is 0 Å². The maximum Gasteiger partial charge on any atom is 0.167 e. The van der Waals surface area contributed by atoms with Crippen LogP contribution in [-0.2, 0) is 19.5 Å². The van der Waals surface area contributed by atoms with Crippen molar-refractivity contribution in [2.24, 2.45) is 0 Å². The Morgan fingerprint density at radius 1 is 0.645 bits per heavy atom. The van der Waals surface area contributed by atoms with Gasteiger partial charge in [-0.3, -0.25) is 4.79 Å². The maximum atomic E-state index is 12.9. The van der Waals surface area contributed by atoms with Crippen molar-refractivity contribution in [3.05, 3.63) is 131 Å². The maximum absolute atomic E-state index is 12.9. The number of phenolic OH excluding ortho intramolecular Hbond substituents is 1. The molecule has 4 aromatic carbocycles. The predicted molar refractivity (Wildman–Crippen MR) is 125 cm³/mol. The van der Waals surface area contributed by atoms with Crippen molar-refractivity contribution in [2.45, 2.75) is 19.5 Å². The van der Waals surface area contributed by atoms with Crippen LogP contribution in [0.5, 0.6) is 5.75 Å². The zero-order chi connectivity index (χ0) is 21.5. The zero-order valence-corrected chi connectivity index (χ0v) is 17.3. The van der Waals surface area contributed by atoms with E-state index in [0.29, 0.717) is 24.2 Å². The molecule has 1 N–H and O–H groups in total. The molecular formula is C28H25NO2. The molecule has 0 aliphatic carbocycles. The molecule has 0 fully saturated rings. The van der Waals surface area contributed by atoms with Crippen molar-refractivity contribution in [1.82, 2.24) is 0 Å². The molecule has 0 saturated carbocycles. The minimum Gasteiger partial charge on any atom is -0.508 e. The number of Topliss-reactive ketones (excluding diaryl/α,β-unsaturated/α-hetero) is 1. The molecule has 0 spiro atoms. The monoisotopic (exact) mass is 407 g/mol. The van der Waals surface area contributed by atoms with Crippen LogP contribution in [0.1, 0.15) is 27.0 Å². The fourth-order valence-electron chi connectivity index (χ4n) is 3.76. The van der Waals surface area contributed by atoms with Gasteiger partial charge in [0.1, 0.15) is 5.75 Å². The molecule has 31 heavy (non-hydrogen) atoms. The first-order valence-electron chi connectivity index (χ1n) is 10.4. The molecule has 0 unspecified atom stereocenters. The summed E-state index contributed by atoms with van der Waals surface area (Å²) in [6.45, 7) is 1.34. The predicted octanol–water partition coefficient (Wildman–Crippen LogP) is 6.02. The topological polar surface area (TPSA) is 40.5 Å². The number of carbonyl (C=O) groups excluding carboxylic acids is 1. The number of anilines is 1. The van der Waals surface area contributed by atoms with Crippen molar-refractivity contribution >= 4 is 11.5 Å². The van der Waals surface area contributed by atoms with Gasteiger partial charge < -0.3 is 10.0 Å². The van der Waals surface area contributed by atoms with Gasteiger partial charge in [0.2, 0.25) is 0 Å². The van der Waals surface area contributed by atoms with Crippen molar-refractivity contribution < 1.29 is 9.90 Å². The first-order chi connectivity index (χ1) is 15.2. The highest BCUT2D eigenvalue weighted by Gasteiger charge is 2.19. The normalized spacial score (nSPS) is 10.6. The lowest BCUT2D eigenvalue weighted by atomic mass is 9.99. The number of phenols is 1. The minimum atomic E-state index is -0.0114. The summed E-state index contributed by atoms with van der Waals surface area (Å²) in [7, 11) is 0. The van der Waals surface area contributed by atoms with Crippen LogP contribution in [0, 0.1) is 0 Å². The van der Waals surface area contributed by atoms with Crippen LogP contribution >= 0.6 is 0 Å². The third kappa shape index (κ3) is 5.20. The van der Waals surface area contributed by atoms with Gasteiger partial charge in [-0.2, -0.15) is 0 Å². The average Bonchev–Trinajstić information content (AvgIpc) is 2.82. The fraction of sp³-hybridized carbons (Fsp3) is 0.107. The Morgan fingerprint density at radius 2 is 1.16 bits per heavy atom. The number of carbonyl (C=O) groups is 1. The number of ketones is 1. The van der Waals surface area contributed by atoms with E-state index in [0.717, 1.165) is 5.69 Å². The molecular weight excluding hydrogens is 382 g/mol. The second kappa shape index (κ2) is 9.77. The van der Waals surface area contributed by atoms with Gasteiger partial charge in [0, 0.05) is 36.3 Å². The Labute approximate surface area is 183 Å². The number of nitrogens with zero attached hydrogens (tertiary/aromatic N) is 1. The van der Waals surface area contributed by atoms with Crippen LogP contribution in [0.15, 0.2) is 109 Å². The molecule has 0 saturated heterocycles. The summed E-state index contributed by atoms with van der Waals surface area (Å²) < 4.78 is 0. The average molecular weight is 408 g/mol. The Bertz CT molecular complexity index is 1080. The summed E-state index contributed by atoms with van der Waals surface area (Å²) in [5, 5.41) is 10.7. The number of benzene rings is 4. The third-order valence-electron chi connectivity index (χ3n) is 5.33. The summed E-state index contributed by atoms with van der Waals surface area (Å²) in [5.41, 5.74) is 4.51. The molecule has 0 bridgehead atoms. The lowest BCUT2D eigenvalue weighted by molar-refractivity contribution is 0.0992. The number of aromatic hydroxyl groups is 1. The summed E-state index contributed by atoms with van der Waals surface area (Å²) >= 11 is 0. The zero-order valence-electron chi connectivity index (χ0n) is 17.3. The molecule has 0 amide bonds. The first kappa shape index (κ1) is 20.4. The van der Waals surface area contributed by atoms with Crippen LogP contribution in [0.2, 0.25) is 0 Å². The van der Waals surface area contributed by atoms with Gasteiger partial charge in [0.15, 0.2) is 5.78 Å². The van der Waals surface area contributed by atoms with E-state index in [9.17, 15) is 9.90 Å². The van der Waals surface area contributed by atoms with Gasteiger partial charge in [0.05, 0.1) is 0 Å². The smallest absolute Gasteiger partial charge is 0.167 e. The van der Waals surface area contributed by atoms with E-state index in [4.69, 9.17) is 0 Å². The Kier molecular flexibility index (Phi) is 6.44. The van der Waals surface area contributed by atoms with Gasteiger partial charge in [-0.15, -0.1) is 0 Å². The molecule has 0 aliphatic rings. The summed E-state index contributed by atoms with van der Waals surface area (Å²) in [4.78, 5) is 15.1. The van der Waals surface area contributed by atoms with E-state index >= 15 is 0 Å². The van der Waals surface area contributed by atoms with Crippen molar-refractivity contribution in [2.75, 3.05) is 4.90 Å². The molecule has 3 heteroatoms. The highest BCUT2D eigenvalue weighted by molar-refractivity contribution is 5.98. The third-order valence-corrected chi connectivity index (χ3v) is 5.33. The molecule has 4 rings (SSSR count). The standard InChI is InChI=1S/C28H25NO2/c30-27-18-10-17-26(25(27)19-28(31)24-15-8-3-9-16-24)29(20-22-11-4-1-5-12-22)21-23-13-6-2-7-14-23/h1-18,30H,19-21H2. The van der Waals surface area contributed by atoms with E-state index in [1.54, 1.807) is 6.07 Å². The molecule has 154 valence electrons. The largest absolute Gasteiger partial charge is 0.508 e. The van der Waals surface area contributed by atoms with E-state index in [2.05, 4.69) is 29.2 Å². The molecule has 0 aromatic heterocycles. The van der Waals surface area contributed by atoms with Gasteiger partial charge in [-0.05, 0) is 23.3 Å². The number of rotatable bonds is 8. The van der Waals surface area contributed by atoms with Crippen LogP contribution in [0.25, 0.3) is 0 Å². The van der Waals surface area contributed by atoms with Crippen LogP contribution in [0.4, 0.5) is 5.69 Å². The second-order valence-corrected chi connectivity index (χ2v) is 7.57. The molecule has 0 atom stereocenters. The van der Waals surface area contributed by atoms with Gasteiger partial charge in [-0.1, -0.05) is 97.1 Å². The lowest BCUT2D eigenvalue weighted by Crippen LogP contribution is -2.24. The molecule has 4 aromatic rings. The van der Waals surface area contributed by atoms with Crippen LogP contribution < -0.4 is 4.90 Å². The summed E-state index contributed by atoms with van der Waals surface area (Å²) in [6.07, 6.45) is 0.145. The van der Waals surface area contributed by atoms with Crippen molar-refractivity contribution in [3.63, 3.8) is 0 Å². The summed E-state index contributed by atoms with van der Waals surface area (Å²) in [5.74, 6) is 0.135. The Morgan fingerprint density at radius 3 is 1.71 bits per heavy atom. The number of hydrogen-bond acceptors (Lipinski definition) is 3. The first-order valence-corrected chi connectivity index (χ1v) is 10.4. The lowest BCUT2D eigenvalue weighted by Gasteiger charge is -2.28. The fourth-order valence-corrected chi connectivity index (χ4v) is 3.76. The van der Waals surface area contributed by atoms with E-state index in [1.807, 2.05) is 78.9 Å².